The lowest BCUT2D eigenvalue weighted by Crippen LogP contribution is -2.39. The minimum Gasteiger partial charge on any atom is -0.480 e. The van der Waals surface area contributed by atoms with E-state index in [0.717, 1.165) is 0 Å². The molecule has 0 aliphatic heterocycles. The molecule has 1 atom stereocenters. The molecule has 0 aromatic carbocycles. The van der Waals surface area contributed by atoms with Gasteiger partial charge in [0.25, 0.3) is 0 Å². The molecule has 5 nitrogen and oxygen atoms in total. The standard InChI is InChI=1S/C10H17NO4/c1-7(12)3-6-11(2)8(13)10(4-5-10)9(14)15/h7,12H,3-6H2,1-2H3,(H,14,15). The monoisotopic (exact) mass is 215 g/mol. The van der Waals surface area contributed by atoms with Crippen molar-refractivity contribution in [2.45, 2.75) is 32.3 Å². The van der Waals surface area contributed by atoms with Crippen LogP contribution in [0.1, 0.15) is 26.2 Å². The molecule has 0 saturated heterocycles. The van der Waals surface area contributed by atoms with Gasteiger partial charge in [-0.25, -0.2) is 0 Å². The molecule has 1 aliphatic rings. The normalized spacial score (nSPS) is 19.4. The Hall–Kier alpha value is -1.10. The van der Waals surface area contributed by atoms with Crippen LogP contribution in [0.5, 0.6) is 0 Å². The Labute approximate surface area is 88.7 Å². The molecular formula is C10H17NO4. The van der Waals surface area contributed by atoms with E-state index in [1.807, 2.05) is 0 Å². The van der Waals surface area contributed by atoms with Crippen molar-refractivity contribution < 1.29 is 19.8 Å². The van der Waals surface area contributed by atoms with E-state index in [9.17, 15) is 9.59 Å². The molecule has 1 aliphatic carbocycles. The number of hydrogen-bond donors (Lipinski definition) is 2. The molecule has 86 valence electrons. The lowest BCUT2D eigenvalue weighted by molar-refractivity contribution is -0.152. The van der Waals surface area contributed by atoms with E-state index in [2.05, 4.69) is 0 Å². The first kappa shape index (κ1) is 12.0. The molecule has 0 bridgehead atoms. The molecule has 0 spiro atoms. The Morgan fingerprint density at radius 3 is 2.33 bits per heavy atom. The highest BCUT2D eigenvalue weighted by atomic mass is 16.4. The predicted molar refractivity (Wildman–Crippen MR) is 53.2 cm³/mol. The Balaban J connectivity index is 2.50. The number of hydrogen-bond acceptors (Lipinski definition) is 3. The third-order valence-electron chi connectivity index (χ3n) is 2.80. The van der Waals surface area contributed by atoms with Crippen LogP contribution in [0, 0.1) is 5.41 Å². The molecular weight excluding hydrogens is 198 g/mol. The van der Waals surface area contributed by atoms with E-state index in [1.54, 1.807) is 14.0 Å². The van der Waals surface area contributed by atoms with Gasteiger partial charge in [0.2, 0.25) is 5.91 Å². The van der Waals surface area contributed by atoms with Crippen LogP contribution in [-0.4, -0.2) is 46.7 Å². The first-order valence-corrected chi connectivity index (χ1v) is 5.07. The van der Waals surface area contributed by atoms with Crippen LogP contribution < -0.4 is 0 Å². The van der Waals surface area contributed by atoms with Crippen molar-refractivity contribution in [1.82, 2.24) is 4.90 Å². The highest BCUT2D eigenvalue weighted by Crippen LogP contribution is 2.47. The summed E-state index contributed by atoms with van der Waals surface area (Å²) < 4.78 is 0. The zero-order chi connectivity index (χ0) is 11.6. The van der Waals surface area contributed by atoms with Gasteiger partial charge in [0.15, 0.2) is 0 Å². The summed E-state index contributed by atoms with van der Waals surface area (Å²) in [6.45, 7) is 2.04. The van der Waals surface area contributed by atoms with E-state index in [4.69, 9.17) is 10.2 Å². The van der Waals surface area contributed by atoms with Gasteiger partial charge in [0.1, 0.15) is 5.41 Å². The van der Waals surface area contributed by atoms with Crippen molar-refractivity contribution >= 4 is 11.9 Å². The topological polar surface area (TPSA) is 77.8 Å². The first-order chi connectivity index (χ1) is 6.90. The largest absolute Gasteiger partial charge is 0.480 e. The van der Waals surface area contributed by atoms with Crippen molar-refractivity contribution in [3.05, 3.63) is 0 Å². The van der Waals surface area contributed by atoms with Gasteiger partial charge < -0.3 is 15.1 Å². The fraction of sp³-hybridized carbons (Fsp3) is 0.800. The van der Waals surface area contributed by atoms with Gasteiger partial charge in [-0.05, 0) is 26.2 Å². The third-order valence-corrected chi connectivity index (χ3v) is 2.80. The Morgan fingerprint density at radius 2 is 2.00 bits per heavy atom. The summed E-state index contributed by atoms with van der Waals surface area (Å²) >= 11 is 0. The molecule has 1 rings (SSSR count). The quantitative estimate of drug-likeness (QED) is 0.637. The van der Waals surface area contributed by atoms with Gasteiger partial charge >= 0.3 is 5.97 Å². The van der Waals surface area contributed by atoms with Crippen molar-refractivity contribution in [1.29, 1.82) is 0 Å². The number of amides is 1. The summed E-state index contributed by atoms with van der Waals surface area (Å²) in [6, 6.07) is 0. The maximum Gasteiger partial charge on any atom is 0.319 e. The molecule has 0 radical (unpaired) electrons. The lowest BCUT2D eigenvalue weighted by Gasteiger charge is -2.21. The zero-order valence-corrected chi connectivity index (χ0v) is 9.06. The summed E-state index contributed by atoms with van der Waals surface area (Å²) in [6.07, 6.45) is 0.860. The molecule has 15 heavy (non-hydrogen) atoms. The average Bonchev–Trinajstić information content (AvgIpc) is 2.93. The van der Waals surface area contributed by atoms with Gasteiger partial charge in [0, 0.05) is 13.6 Å². The highest BCUT2D eigenvalue weighted by molar-refractivity contribution is 6.04. The van der Waals surface area contributed by atoms with Gasteiger partial charge in [-0.15, -0.1) is 0 Å². The maximum atomic E-state index is 11.7. The molecule has 1 fully saturated rings. The smallest absolute Gasteiger partial charge is 0.319 e. The minimum absolute atomic E-state index is 0.337. The van der Waals surface area contributed by atoms with Crippen LogP contribution >= 0.6 is 0 Å². The Bertz CT molecular complexity index is 271. The molecule has 5 heteroatoms. The summed E-state index contributed by atoms with van der Waals surface area (Å²) in [7, 11) is 1.58. The van der Waals surface area contributed by atoms with Gasteiger partial charge in [-0.3, -0.25) is 9.59 Å². The summed E-state index contributed by atoms with van der Waals surface area (Å²) in [5.41, 5.74) is -1.16. The number of aliphatic hydroxyl groups excluding tert-OH is 1. The SMILES string of the molecule is CC(O)CCN(C)C(=O)C1(C(=O)O)CC1. The number of aliphatic carboxylic acids is 1. The number of carboxylic acid groups (broad SMARTS) is 1. The molecule has 0 aromatic rings. The van der Waals surface area contributed by atoms with E-state index in [-0.39, 0.29) is 5.91 Å². The zero-order valence-electron chi connectivity index (χ0n) is 9.06. The molecule has 0 aromatic heterocycles. The van der Waals surface area contributed by atoms with E-state index in [0.29, 0.717) is 25.8 Å². The van der Waals surface area contributed by atoms with Crippen LogP contribution in [0.2, 0.25) is 0 Å². The Kier molecular flexibility index (Phi) is 3.34. The number of carbonyl (C=O) groups excluding carboxylic acids is 1. The van der Waals surface area contributed by atoms with Crippen molar-refractivity contribution in [2.75, 3.05) is 13.6 Å². The molecule has 1 saturated carbocycles. The van der Waals surface area contributed by atoms with Crippen molar-refractivity contribution in [3.8, 4) is 0 Å². The number of aliphatic hydroxyl groups is 1. The molecule has 0 heterocycles. The highest BCUT2D eigenvalue weighted by Gasteiger charge is 2.58. The second kappa shape index (κ2) is 4.18. The number of nitrogens with zero attached hydrogens (tertiary/aromatic N) is 1. The van der Waals surface area contributed by atoms with Crippen molar-refractivity contribution in [3.63, 3.8) is 0 Å². The summed E-state index contributed by atoms with van der Waals surface area (Å²) in [5.74, 6) is -1.37. The van der Waals surface area contributed by atoms with Gasteiger partial charge in [-0.2, -0.15) is 0 Å². The number of carboxylic acids is 1. The van der Waals surface area contributed by atoms with Crippen LogP contribution in [0.4, 0.5) is 0 Å². The maximum absolute atomic E-state index is 11.7. The number of rotatable bonds is 5. The van der Waals surface area contributed by atoms with Crippen LogP contribution in [0.3, 0.4) is 0 Å². The minimum atomic E-state index is -1.16. The second-order valence-electron chi connectivity index (χ2n) is 4.25. The van der Waals surface area contributed by atoms with Crippen LogP contribution in [0.15, 0.2) is 0 Å². The first-order valence-electron chi connectivity index (χ1n) is 5.07. The number of carbonyl (C=O) groups is 2. The van der Waals surface area contributed by atoms with E-state index >= 15 is 0 Å². The fourth-order valence-electron chi connectivity index (χ4n) is 1.49. The van der Waals surface area contributed by atoms with Crippen LogP contribution in [0.25, 0.3) is 0 Å². The molecule has 2 N–H and O–H groups in total. The molecule has 1 unspecified atom stereocenters. The lowest BCUT2D eigenvalue weighted by atomic mass is 10.1. The second-order valence-corrected chi connectivity index (χ2v) is 4.25. The predicted octanol–water partition coefficient (Wildman–Crippen LogP) is 0.0805. The van der Waals surface area contributed by atoms with E-state index in [1.165, 1.54) is 4.90 Å². The summed E-state index contributed by atoms with van der Waals surface area (Å²) in [4.78, 5) is 24.0. The van der Waals surface area contributed by atoms with Crippen LogP contribution in [-0.2, 0) is 9.59 Å². The Morgan fingerprint density at radius 1 is 1.47 bits per heavy atom. The van der Waals surface area contributed by atoms with Gasteiger partial charge in [0.05, 0.1) is 6.10 Å². The summed E-state index contributed by atoms with van der Waals surface area (Å²) in [5, 5.41) is 18.0. The fourth-order valence-corrected chi connectivity index (χ4v) is 1.49. The third kappa shape index (κ3) is 2.47. The average molecular weight is 215 g/mol. The van der Waals surface area contributed by atoms with Crippen molar-refractivity contribution in [2.24, 2.45) is 5.41 Å². The van der Waals surface area contributed by atoms with Gasteiger partial charge in [-0.1, -0.05) is 0 Å². The molecule has 1 amide bonds. The van der Waals surface area contributed by atoms with E-state index < -0.39 is 17.5 Å².